The SMILES string of the molecule is CN(C)c1cc(NCc2ccc(N)cc2)c(O)c2c1C[C@@H]1C[C@@H]3[C@@H](N(C)C)C(=O)C(C(N)=O)=C(O)[C@]3(O)C(=O)C1=C2O. The van der Waals surface area contributed by atoms with Crippen LogP contribution in [-0.4, -0.2) is 82.6 Å². The minimum atomic E-state index is -2.68. The topological polar surface area (TPSA) is 203 Å². The van der Waals surface area contributed by atoms with Crippen molar-refractivity contribution in [3.05, 3.63) is 63.9 Å². The van der Waals surface area contributed by atoms with E-state index in [9.17, 15) is 34.8 Å². The Kier molecular flexibility index (Phi) is 6.94. The number of Topliss-reactive ketones (excluding diaryl/α,β-unsaturated/α-hetero) is 2. The van der Waals surface area contributed by atoms with Crippen molar-refractivity contribution in [2.75, 3.05) is 44.1 Å². The number of hydrogen-bond donors (Lipinski definition) is 7. The first kappa shape index (κ1) is 29.0. The zero-order valence-corrected chi connectivity index (χ0v) is 23.8. The van der Waals surface area contributed by atoms with E-state index in [1.165, 1.54) is 4.90 Å². The number of fused-ring (bicyclic) bond motifs is 3. The Hall–Kier alpha value is -4.55. The number of aliphatic hydroxyl groups excluding tert-OH is 2. The Morgan fingerprint density at radius 2 is 1.74 bits per heavy atom. The third-order valence-electron chi connectivity index (χ3n) is 8.64. The van der Waals surface area contributed by atoms with Gasteiger partial charge in [0.15, 0.2) is 11.4 Å². The predicted octanol–water partition coefficient (Wildman–Crippen LogP) is 1.22. The molecule has 0 heterocycles. The number of nitrogens with two attached hydrogens (primary N) is 2. The molecule has 2 aromatic carbocycles. The quantitative estimate of drug-likeness (QED) is 0.148. The summed E-state index contributed by atoms with van der Waals surface area (Å²) in [5.41, 5.74) is 10.5. The van der Waals surface area contributed by atoms with Gasteiger partial charge in [-0.05, 0) is 62.2 Å². The van der Waals surface area contributed by atoms with Crippen molar-refractivity contribution in [3.8, 4) is 5.75 Å². The number of nitrogen functional groups attached to an aromatic ring is 1. The summed E-state index contributed by atoms with van der Waals surface area (Å²) in [6.07, 6.45) is 0.227. The number of aliphatic hydroxyl groups is 3. The van der Waals surface area contributed by atoms with Crippen LogP contribution in [0.25, 0.3) is 5.76 Å². The molecule has 3 aliphatic carbocycles. The van der Waals surface area contributed by atoms with Crippen LogP contribution >= 0.6 is 0 Å². The first-order valence-electron chi connectivity index (χ1n) is 13.5. The first-order valence-corrected chi connectivity index (χ1v) is 13.5. The van der Waals surface area contributed by atoms with Gasteiger partial charge in [0.2, 0.25) is 5.78 Å². The Morgan fingerprint density at radius 1 is 1.10 bits per heavy atom. The summed E-state index contributed by atoms with van der Waals surface area (Å²) in [5, 5.41) is 49.0. The second-order valence-electron chi connectivity index (χ2n) is 11.6. The highest BCUT2D eigenvalue weighted by atomic mass is 16.3. The minimum absolute atomic E-state index is 0.0243. The molecule has 12 nitrogen and oxygen atoms in total. The zero-order valence-electron chi connectivity index (χ0n) is 23.8. The molecule has 3 aliphatic rings. The predicted molar refractivity (Wildman–Crippen MR) is 157 cm³/mol. The molecule has 9 N–H and O–H groups in total. The van der Waals surface area contributed by atoms with Crippen molar-refractivity contribution >= 4 is 40.3 Å². The highest BCUT2D eigenvalue weighted by Crippen LogP contribution is 2.54. The lowest BCUT2D eigenvalue weighted by Crippen LogP contribution is -2.65. The van der Waals surface area contributed by atoms with Crippen LogP contribution in [0.1, 0.15) is 23.1 Å². The Bertz CT molecular complexity index is 1580. The Balaban J connectivity index is 1.66. The monoisotopic (exact) mass is 577 g/mol. The van der Waals surface area contributed by atoms with Gasteiger partial charge < -0.3 is 42.1 Å². The van der Waals surface area contributed by atoms with Crippen LogP contribution in [-0.2, 0) is 27.3 Å². The number of anilines is 3. The third kappa shape index (κ3) is 4.17. The second kappa shape index (κ2) is 10.1. The second-order valence-corrected chi connectivity index (χ2v) is 11.6. The van der Waals surface area contributed by atoms with Gasteiger partial charge in [0.25, 0.3) is 5.91 Å². The molecule has 12 heteroatoms. The molecule has 1 amide bonds. The Morgan fingerprint density at radius 3 is 2.31 bits per heavy atom. The van der Waals surface area contributed by atoms with Crippen molar-refractivity contribution < 1.29 is 34.8 Å². The number of carbonyl (C=O) groups excluding carboxylic acids is 3. The lowest BCUT2D eigenvalue weighted by molar-refractivity contribution is -0.153. The molecule has 4 atom stereocenters. The number of carbonyl (C=O) groups is 3. The van der Waals surface area contributed by atoms with E-state index in [1.54, 1.807) is 32.3 Å². The highest BCUT2D eigenvalue weighted by Gasteiger charge is 2.64. The van der Waals surface area contributed by atoms with Gasteiger partial charge in [0.05, 0.1) is 17.3 Å². The molecule has 0 saturated heterocycles. The summed E-state index contributed by atoms with van der Waals surface area (Å²) in [6, 6.07) is 7.80. The molecule has 222 valence electrons. The lowest BCUT2D eigenvalue weighted by atomic mass is 9.57. The van der Waals surface area contributed by atoms with Crippen molar-refractivity contribution in [2.45, 2.75) is 31.0 Å². The number of rotatable bonds is 6. The van der Waals surface area contributed by atoms with E-state index >= 15 is 0 Å². The smallest absolute Gasteiger partial charge is 0.255 e. The summed E-state index contributed by atoms with van der Waals surface area (Å²) in [6.45, 7) is 0.328. The molecule has 0 unspecified atom stereocenters. The number of phenolic OH excluding ortho intramolecular Hbond substituents is 1. The number of amides is 1. The maximum atomic E-state index is 14.1. The van der Waals surface area contributed by atoms with Gasteiger partial charge >= 0.3 is 0 Å². The highest BCUT2D eigenvalue weighted by molar-refractivity contribution is 6.24. The molecule has 1 saturated carbocycles. The summed E-state index contributed by atoms with van der Waals surface area (Å²) in [4.78, 5) is 42.8. The normalized spacial score (nSPS) is 25.2. The van der Waals surface area contributed by atoms with Crippen LogP contribution < -0.4 is 21.7 Å². The standard InChI is InChI=1S/C30H35N5O7/c1-34(2)19-11-18(33-12-13-5-7-15(31)8-6-13)24(36)21-16(19)9-14-10-17-23(35(3)4)26(38)22(29(32)41)28(40)30(17,42)27(39)20(14)25(21)37/h5-8,11,14,17,23,33,36-37,40,42H,9-10,12,31H2,1-4H3,(H2,32,41)/t14-,17-,23-,30-/m1/s1. The third-order valence-corrected chi connectivity index (χ3v) is 8.64. The Labute approximate surface area is 242 Å². The van der Waals surface area contributed by atoms with Crippen LogP contribution in [0.3, 0.4) is 0 Å². The number of primary amides is 1. The number of aromatic hydroxyl groups is 1. The largest absolute Gasteiger partial charge is 0.508 e. The van der Waals surface area contributed by atoms with Crippen molar-refractivity contribution in [2.24, 2.45) is 17.6 Å². The van der Waals surface area contributed by atoms with E-state index in [2.05, 4.69) is 5.32 Å². The van der Waals surface area contributed by atoms with Gasteiger partial charge in [0, 0.05) is 43.5 Å². The van der Waals surface area contributed by atoms with Crippen LogP contribution in [0.15, 0.2) is 47.2 Å². The summed E-state index contributed by atoms with van der Waals surface area (Å²) >= 11 is 0. The van der Waals surface area contributed by atoms with Crippen molar-refractivity contribution in [1.82, 2.24) is 4.90 Å². The maximum absolute atomic E-state index is 14.1. The van der Waals surface area contributed by atoms with Crippen molar-refractivity contribution in [1.29, 1.82) is 0 Å². The summed E-state index contributed by atoms with van der Waals surface area (Å²) in [5.74, 6) is -6.84. The number of phenols is 1. The average Bonchev–Trinajstić information content (AvgIpc) is 2.90. The molecule has 2 aromatic rings. The van der Waals surface area contributed by atoms with Gasteiger partial charge in [0.1, 0.15) is 22.8 Å². The fourth-order valence-electron chi connectivity index (χ4n) is 6.66. The molecule has 0 spiro atoms. The number of ketones is 2. The van der Waals surface area contributed by atoms with Gasteiger partial charge in [-0.3, -0.25) is 19.3 Å². The number of likely N-dealkylation sites (N-methyl/N-ethyl adjacent to an activating group) is 1. The molecule has 1 fully saturated rings. The summed E-state index contributed by atoms with van der Waals surface area (Å²) < 4.78 is 0. The van der Waals surface area contributed by atoms with Crippen LogP contribution in [0, 0.1) is 11.8 Å². The zero-order chi connectivity index (χ0) is 30.8. The average molecular weight is 578 g/mol. The molecule has 0 aliphatic heterocycles. The van der Waals surface area contributed by atoms with Crippen molar-refractivity contribution in [3.63, 3.8) is 0 Å². The first-order chi connectivity index (χ1) is 19.7. The molecular formula is C30H35N5O7. The number of benzene rings is 2. The maximum Gasteiger partial charge on any atom is 0.255 e. The lowest BCUT2D eigenvalue weighted by Gasteiger charge is -2.50. The van der Waals surface area contributed by atoms with E-state index in [4.69, 9.17) is 11.5 Å². The molecule has 0 aromatic heterocycles. The van der Waals surface area contributed by atoms with Gasteiger partial charge in [-0.2, -0.15) is 0 Å². The minimum Gasteiger partial charge on any atom is -0.508 e. The van der Waals surface area contributed by atoms with Gasteiger partial charge in [-0.25, -0.2) is 0 Å². The number of hydrogen-bond acceptors (Lipinski definition) is 11. The summed E-state index contributed by atoms with van der Waals surface area (Å²) in [7, 11) is 6.75. The molecule has 5 rings (SSSR count). The molecular weight excluding hydrogens is 542 g/mol. The van der Waals surface area contributed by atoms with Crippen LogP contribution in [0.4, 0.5) is 17.1 Å². The van der Waals surface area contributed by atoms with E-state index in [0.29, 0.717) is 29.2 Å². The molecule has 0 bridgehead atoms. The van der Waals surface area contributed by atoms with E-state index in [0.717, 1.165) is 5.56 Å². The fraction of sp³-hybridized carbons (Fsp3) is 0.367. The van der Waals surface area contributed by atoms with E-state index < -0.39 is 58.0 Å². The van der Waals surface area contributed by atoms with Crippen LogP contribution in [0.2, 0.25) is 0 Å². The molecule has 0 radical (unpaired) electrons. The van der Waals surface area contributed by atoms with Gasteiger partial charge in [-0.1, -0.05) is 12.1 Å². The van der Waals surface area contributed by atoms with E-state index in [1.807, 2.05) is 31.1 Å². The number of nitrogens with zero attached hydrogens (tertiary/aromatic N) is 2. The van der Waals surface area contributed by atoms with E-state index in [-0.39, 0.29) is 29.7 Å². The fourth-order valence-corrected chi connectivity index (χ4v) is 6.66. The number of nitrogens with one attached hydrogen (secondary N) is 1. The van der Waals surface area contributed by atoms with Gasteiger partial charge in [-0.15, -0.1) is 0 Å². The van der Waals surface area contributed by atoms with Crippen LogP contribution in [0.5, 0.6) is 5.75 Å². The molecule has 42 heavy (non-hydrogen) atoms.